The summed E-state index contributed by atoms with van der Waals surface area (Å²) in [6.07, 6.45) is 7.21. The van der Waals surface area contributed by atoms with E-state index in [1.807, 2.05) is 18.2 Å². The topological polar surface area (TPSA) is 50.3 Å². The molecule has 5 nitrogen and oxygen atoms in total. The summed E-state index contributed by atoms with van der Waals surface area (Å²) in [6, 6.07) is 8.95. The normalized spacial score (nSPS) is 19.7. The summed E-state index contributed by atoms with van der Waals surface area (Å²) in [6.45, 7) is 4.32. The number of nitrogens with zero attached hydrogens (tertiary/aromatic N) is 3. The lowest BCUT2D eigenvalue weighted by Crippen LogP contribution is -2.40. The maximum Gasteiger partial charge on any atom is 0.134 e. The molecule has 0 bridgehead atoms. The molecule has 144 valence electrons. The quantitative estimate of drug-likeness (QED) is 0.868. The molecule has 1 aromatic heterocycles. The summed E-state index contributed by atoms with van der Waals surface area (Å²) in [7, 11) is 0. The van der Waals surface area contributed by atoms with Gasteiger partial charge in [0.2, 0.25) is 0 Å². The molecule has 1 aromatic carbocycles. The molecule has 2 saturated heterocycles. The third-order valence-corrected chi connectivity index (χ3v) is 5.85. The Morgan fingerprint density at radius 3 is 2.52 bits per heavy atom. The zero-order valence-electron chi connectivity index (χ0n) is 15.7. The van der Waals surface area contributed by atoms with Crippen molar-refractivity contribution in [3.63, 3.8) is 0 Å². The Kier molecular flexibility index (Phi) is 5.53. The summed E-state index contributed by atoms with van der Waals surface area (Å²) in [5, 5.41) is 3.52. The summed E-state index contributed by atoms with van der Waals surface area (Å²) in [4.78, 5) is 11.2. The van der Waals surface area contributed by atoms with E-state index in [1.165, 1.54) is 19.3 Å². The Balaban J connectivity index is 1.50. The number of benzene rings is 1. The van der Waals surface area contributed by atoms with Gasteiger partial charge in [-0.15, -0.1) is 0 Å². The monoisotopic (exact) mass is 370 g/mol. The highest BCUT2D eigenvalue weighted by molar-refractivity contribution is 5.49. The van der Waals surface area contributed by atoms with E-state index < -0.39 is 0 Å². The Hall–Kier alpha value is -2.21. The van der Waals surface area contributed by atoms with Crippen LogP contribution in [0.1, 0.15) is 37.7 Å². The fourth-order valence-corrected chi connectivity index (χ4v) is 4.13. The lowest BCUT2D eigenvalue weighted by Gasteiger charge is -2.38. The average molecular weight is 370 g/mol. The average Bonchev–Trinajstić information content (AvgIpc) is 2.74. The van der Waals surface area contributed by atoms with Gasteiger partial charge in [0.1, 0.15) is 23.8 Å². The molecule has 2 aliphatic heterocycles. The van der Waals surface area contributed by atoms with Crippen molar-refractivity contribution < 1.29 is 9.13 Å². The van der Waals surface area contributed by atoms with Gasteiger partial charge < -0.3 is 15.0 Å². The first-order valence-corrected chi connectivity index (χ1v) is 9.90. The number of piperidine rings is 1. The predicted octanol–water partition coefficient (Wildman–Crippen LogP) is 3.77. The molecule has 0 aliphatic carbocycles. The fraction of sp³-hybridized carbons (Fsp3) is 0.524. The van der Waals surface area contributed by atoms with Crippen molar-refractivity contribution in [2.45, 2.75) is 37.5 Å². The molecular weight excluding hydrogens is 343 g/mol. The van der Waals surface area contributed by atoms with Crippen LogP contribution in [0.2, 0.25) is 0 Å². The van der Waals surface area contributed by atoms with Gasteiger partial charge in [0, 0.05) is 44.3 Å². The molecule has 0 saturated carbocycles. The van der Waals surface area contributed by atoms with Crippen LogP contribution in [0, 0.1) is 5.82 Å². The second-order valence-electron chi connectivity index (χ2n) is 7.56. The summed E-state index contributed by atoms with van der Waals surface area (Å²) in [5.74, 6) is 1.64. The number of hydrogen-bond acceptors (Lipinski definition) is 5. The molecule has 3 heterocycles. The van der Waals surface area contributed by atoms with Gasteiger partial charge in [0.05, 0.1) is 0 Å². The van der Waals surface area contributed by atoms with Crippen molar-refractivity contribution >= 4 is 11.6 Å². The maximum atomic E-state index is 13.4. The Morgan fingerprint density at radius 2 is 1.78 bits per heavy atom. The van der Waals surface area contributed by atoms with Gasteiger partial charge >= 0.3 is 0 Å². The highest BCUT2D eigenvalue weighted by atomic mass is 19.1. The lowest BCUT2D eigenvalue weighted by molar-refractivity contribution is 0.0543. The van der Waals surface area contributed by atoms with Crippen LogP contribution in [0.15, 0.2) is 36.7 Å². The van der Waals surface area contributed by atoms with E-state index in [-0.39, 0.29) is 11.2 Å². The maximum absolute atomic E-state index is 13.4. The fourth-order valence-electron chi connectivity index (χ4n) is 4.13. The highest BCUT2D eigenvalue weighted by Crippen LogP contribution is 2.35. The largest absolute Gasteiger partial charge is 0.381 e. The number of rotatable bonds is 5. The van der Waals surface area contributed by atoms with E-state index >= 15 is 0 Å². The number of anilines is 2. The highest BCUT2D eigenvalue weighted by Gasteiger charge is 2.34. The van der Waals surface area contributed by atoms with E-state index in [1.54, 1.807) is 18.5 Å². The number of halogens is 1. The minimum Gasteiger partial charge on any atom is -0.381 e. The zero-order valence-corrected chi connectivity index (χ0v) is 15.7. The minimum absolute atomic E-state index is 0.0673. The minimum atomic E-state index is -0.198. The van der Waals surface area contributed by atoms with Crippen molar-refractivity contribution in [1.82, 2.24) is 9.97 Å². The second kappa shape index (κ2) is 8.21. The molecule has 2 aromatic rings. The number of hydrogen-bond donors (Lipinski definition) is 1. The molecule has 6 heteroatoms. The Labute approximate surface area is 160 Å². The van der Waals surface area contributed by atoms with Crippen molar-refractivity contribution in [3.8, 4) is 0 Å². The molecule has 4 rings (SSSR count). The van der Waals surface area contributed by atoms with Crippen LogP contribution in [0.25, 0.3) is 0 Å². The van der Waals surface area contributed by atoms with Gasteiger partial charge in [-0.2, -0.15) is 0 Å². The Bertz CT molecular complexity index is 740. The van der Waals surface area contributed by atoms with E-state index in [0.717, 1.165) is 62.9 Å². The van der Waals surface area contributed by atoms with Crippen molar-refractivity contribution in [2.24, 2.45) is 0 Å². The molecule has 2 fully saturated rings. The van der Waals surface area contributed by atoms with Crippen LogP contribution in [0.4, 0.5) is 16.0 Å². The second-order valence-corrected chi connectivity index (χ2v) is 7.56. The third-order valence-electron chi connectivity index (χ3n) is 5.85. The van der Waals surface area contributed by atoms with E-state index in [4.69, 9.17) is 4.74 Å². The smallest absolute Gasteiger partial charge is 0.134 e. The molecule has 0 spiro atoms. The first-order valence-electron chi connectivity index (χ1n) is 9.90. The number of nitrogens with one attached hydrogen (secondary N) is 1. The summed E-state index contributed by atoms with van der Waals surface area (Å²) in [5.41, 5.74) is 1.09. The van der Waals surface area contributed by atoms with Crippen LogP contribution in [-0.2, 0) is 10.2 Å². The number of aromatic nitrogens is 2. The van der Waals surface area contributed by atoms with E-state index in [0.29, 0.717) is 0 Å². The molecular formula is C21H27FN4O. The van der Waals surface area contributed by atoms with E-state index in [2.05, 4.69) is 20.2 Å². The van der Waals surface area contributed by atoms with Gasteiger partial charge in [0.25, 0.3) is 0 Å². The van der Waals surface area contributed by atoms with Gasteiger partial charge in [-0.1, -0.05) is 12.1 Å². The molecule has 0 atom stereocenters. The van der Waals surface area contributed by atoms with Crippen molar-refractivity contribution in [3.05, 3.63) is 48.0 Å². The number of ether oxygens (including phenoxy) is 1. The van der Waals surface area contributed by atoms with Gasteiger partial charge in [-0.3, -0.25) is 0 Å². The molecule has 0 radical (unpaired) electrons. The molecule has 2 aliphatic rings. The van der Waals surface area contributed by atoms with E-state index in [9.17, 15) is 4.39 Å². The van der Waals surface area contributed by atoms with Gasteiger partial charge in [-0.05, 0) is 49.8 Å². The third kappa shape index (κ3) is 4.21. The lowest BCUT2D eigenvalue weighted by atomic mass is 9.74. The van der Waals surface area contributed by atoms with Crippen LogP contribution >= 0.6 is 0 Å². The first kappa shape index (κ1) is 18.2. The predicted molar refractivity (Wildman–Crippen MR) is 105 cm³/mol. The van der Waals surface area contributed by atoms with Crippen molar-refractivity contribution in [1.29, 1.82) is 0 Å². The zero-order chi connectivity index (χ0) is 18.5. The molecule has 0 unspecified atom stereocenters. The molecule has 27 heavy (non-hydrogen) atoms. The summed E-state index contributed by atoms with van der Waals surface area (Å²) < 4.78 is 19.0. The van der Waals surface area contributed by atoms with Crippen LogP contribution in [0.5, 0.6) is 0 Å². The Morgan fingerprint density at radius 1 is 1.04 bits per heavy atom. The molecule has 0 amide bonds. The van der Waals surface area contributed by atoms with Gasteiger partial charge in [-0.25, -0.2) is 14.4 Å². The van der Waals surface area contributed by atoms with Crippen LogP contribution < -0.4 is 10.2 Å². The van der Waals surface area contributed by atoms with Crippen molar-refractivity contribution in [2.75, 3.05) is 43.1 Å². The molecule has 1 N–H and O–H groups in total. The SMILES string of the molecule is Fc1ccc(C2(CNc3cc(N4CCCCC4)ncn3)CCOCC2)cc1. The summed E-state index contributed by atoms with van der Waals surface area (Å²) >= 11 is 0. The van der Waals surface area contributed by atoms with Crippen LogP contribution in [-0.4, -0.2) is 42.8 Å². The van der Waals surface area contributed by atoms with Gasteiger partial charge in [0.15, 0.2) is 0 Å². The first-order chi connectivity index (χ1) is 13.3. The van der Waals surface area contributed by atoms with Crippen LogP contribution in [0.3, 0.4) is 0 Å². The standard InChI is InChI=1S/C21H27FN4O/c22-18-6-4-17(5-7-18)21(8-12-27-13-9-21)15-23-19-14-20(25-16-24-19)26-10-2-1-3-11-26/h4-7,14,16H,1-3,8-13,15H2,(H,23,24,25).